The third-order valence-corrected chi connectivity index (χ3v) is 3.91. The number of benzene rings is 2. The van der Waals surface area contributed by atoms with Gasteiger partial charge < -0.3 is 15.4 Å². The molecule has 154 valence electrons. The van der Waals surface area contributed by atoms with E-state index in [1.165, 1.54) is 12.1 Å². The number of aryl methyl sites for hydroxylation is 1. The van der Waals surface area contributed by atoms with Gasteiger partial charge in [-0.3, -0.25) is 14.9 Å². The molecule has 29 heavy (non-hydrogen) atoms. The van der Waals surface area contributed by atoms with Crippen LogP contribution in [0.1, 0.15) is 36.7 Å². The summed E-state index contributed by atoms with van der Waals surface area (Å²) in [6.45, 7) is 6.99. The van der Waals surface area contributed by atoms with E-state index in [1.807, 2.05) is 13.0 Å². The highest BCUT2D eigenvalue weighted by Crippen LogP contribution is 2.22. The molecule has 0 fully saturated rings. The summed E-state index contributed by atoms with van der Waals surface area (Å²) in [4.78, 5) is 36.0. The Labute approximate surface area is 174 Å². The average molecular weight is 418 g/mol. The van der Waals surface area contributed by atoms with Gasteiger partial charge in [-0.2, -0.15) is 0 Å². The number of ether oxygens (including phenoxy) is 1. The lowest BCUT2D eigenvalue weighted by atomic mass is 10.2. The van der Waals surface area contributed by atoms with E-state index in [1.54, 1.807) is 45.0 Å². The van der Waals surface area contributed by atoms with Gasteiger partial charge in [0.1, 0.15) is 5.60 Å². The molecule has 7 nitrogen and oxygen atoms in total. The van der Waals surface area contributed by atoms with E-state index in [0.29, 0.717) is 22.0 Å². The summed E-state index contributed by atoms with van der Waals surface area (Å²) in [5, 5.41) is 8.19. The van der Waals surface area contributed by atoms with Crippen LogP contribution in [0.3, 0.4) is 0 Å². The molecule has 3 amide bonds. The highest BCUT2D eigenvalue weighted by molar-refractivity contribution is 6.33. The van der Waals surface area contributed by atoms with E-state index in [2.05, 4.69) is 16.0 Å². The van der Waals surface area contributed by atoms with Crippen LogP contribution in [0.25, 0.3) is 0 Å². The number of rotatable bonds is 5. The molecule has 0 bridgehead atoms. The molecule has 0 aliphatic heterocycles. The SMILES string of the molecule is Cc1ccc(NC(=O)CNC(=O)c2ccc(NC(=O)OC(C)(C)C)cc2)c(Cl)c1. The lowest BCUT2D eigenvalue weighted by molar-refractivity contribution is -0.115. The number of hydrogen-bond donors (Lipinski definition) is 3. The van der Waals surface area contributed by atoms with Gasteiger partial charge in [-0.15, -0.1) is 0 Å². The first-order chi connectivity index (χ1) is 13.5. The highest BCUT2D eigenvalue weighted by atomic mass is 35.5. The van der Waals surface area contributed by atoms with Crippen LogP contribution in [0.15, 0.2) is 42.5 Å². The van der Waals surface area contributed by atoms with Crippen molar-refractivity contribution in [3.05, 3.63) is 58.6 Å². The number of hydrogen-bond acceptors (Lipinski definition) is 4. The Morgan fingerprint density at radius 3 is 2.24 bits per heavy atom. The molecule has 0 saturated carbocycles. The first-order valence-corrected chi connectivity index (χ1v) is 9.35. The van der Waals surface area contributed by atoms with E-state index in [9.17, 15) is 14.4 Å². The monoisotopic (exact) mass is 417 g/mol. The Bertz CT molecular complexity index is 905. The van der Waals surface area contributed by atoms with Crippen molar-refractivity contribution >= 4 is 40.9 Å². The number of halogens is 1. The Balaban J connectivity index is 1.85. The topological polar surface area (TPSA) is 96.5 Å². The molecular formula is C21H24ClN3O4. The van der Waals surface area contributed by atoms with E-state index >= 15 is 0 Å². The third-order valence-electron chi connectivity index (χ3n) is 3.60. The first-order valence-electron chi connectivity index (χ1n) is 8.98. The fourth-order valence-corrected chi connectivity index (χ4v) is 2.59. The van der Waals surface area contributed by atoms with Gasteiger partial charge in [0, 0.05) is 11.3 Å². The van der Waals surface area contributed by atoms with Gasteiger partial charge in [0.15, 0.2) is 0 Å². The van der Waals surface area contributed by atoms with Crippen LogP contribution in [-0.4, -0.2) is 30.1 Å². The quantitative estimate of drug-likeness (QED) is 0.673. The lowest BCUT2D eigenvalue weighted by Crippen LogP contribution is -2.32. The fourth-order valence-electron chi connectivity index (χ4n) is 2.30. The molecule has 0 heterocycles. The second kappa shape index (κ2) is 9.43. The van der Waals surface area contributed by atoms with Crippen molar-refractivity contribution in [1.29, 1.82) is 0 Å². The summed E-state index contributed by atoms with van der Waals surface area (Å²) in [5.41, 5.74) is 1.69. The molecule has 3 N–H and O–H groups in total. The maximum absolute atomic E-state index is 12.2. The Kier molecular flexibility index (Phi) is 7.23. The van der Waals surface area contributed by atoms with Crippen LogP contribution in [0.5, 0.6) is 0 Å². The molecule has 8 heteroatoms. The predicted molar refractivity (Wildman–Crippen MR) is 113 cm³/mol. The average Bonchev–Trinajstić information content (AvgIpc) is 2.61. The van der Waals surface area contributed by atoms with E-state index < -0.39 is 23.5 Å². The second-order valence-corrected chi connectivity index (χ2v) is 7.83. The molecule has 2 rings (SSSR count). The second-order valence-electron chi connectivity index (χ2n) is 7.42. The van der Waals surface area contributed by atoms with Crippen LogP contribution in [0, 0.1) is 6.92 Å². The predicted octanol–water partition coefficient (Wildman–Crippen LogP) is 4.36. The van der Waals surface area contributed by atoms with E-state index in [0.717, 1.165) is 5.56 Å². The minimum Gasteiger partial charge on any atom is -0.444 e. The number of nitrogens with one attached hydrogen (secondary N) is 3. The summed E-state index contributed by atoms with van der Waals surface area (Å²) in [6, 6.07) is 11.5. The highest BCUT2D eigenvalue weighted by Gasteiger charge is 2.16. The molecule has 2 aromatic carbocycles. The van der Waals surface area contributed by atoms with Crippen LogP contribution in [0.2, 0.25) is 5.02 Å². The summed E-state index contributed by atoms with van der Waals surface area (Å²) in [7, 11) is 0. The fraction of sp³-hybridized carbons (Fsp3) is 0.286. The molecule has 0 aliphatic carbocycles. The molecule has 0 spiro atoms. The zero-order chi connectivity index (χ0) is 21.6. The third kappa shape index (κ3) is 7.46. The Morgan fingerprint density at radius 1 is 1.00 bits per heavy atom. The molecule has 0 aliphatic rings. The number of amides is 3. The molecule has 0 saturated heterocycles. The maximum atomic E-state index is 12.2. The summed E-state index contributed by atoms with van der Waals surface area (Å²) in [6.07, 6.45) is -0.582. The van der Waals surface area contributed by atoms with Crippen molar-refractivity contribution in [2.45, 2.75) is 33.3 Å². The molecule has 0 atom stereocenters. The van der Waals surface area contributed by atoms with Gasteiger partial charge in [-0.05, 0) is 69.7 Å². The number of carbonyl (C=O) groups is 3. The van der Waals surface area contributed by atoms with Crippen molar-refractivity contribution in [3.63, 3.8) is 0 Å². The Hall–Kier alpha value is -3.06. The largest absolute Gasteiger partial charge is 0.444 e. The molecular weight excluding hydrogens is 394 g/mol. The zero-order valence-corrected chi connectivity index (χ0v) is 17.5. The molecule has 2 aromatic rings. The van der Waals surface area contributed by atoms with Crippen molar-refractivity contribution in [1.82, 2.24) is 5.32 Å². The Morgan fingerprint density at radius 2 is 1.66 bits per heavy atom. The van der Waals surface area contributed by atoms with Crippen molar-refractivity contribution in [3.8, 4) is 0 Å². The van der Waals surface area contributed by atoms with Gasteiger partial charge in [0.05, 0.1) is 17.3 Å². The van der Waals surface area contributed by atoms with Gasteiger partial charge >= 0.3 is 6.09 Å². The molecule has 0 unspecified atom stereocenters. The zero-order valence-electron chi connectivity index (χ0n) is 16.8. The number of anilines is 2. The normalized spacial score (nSPS) is 10.8. The van der Waals surface area contributed by atoms with Gasteiger partial charge in [-0.1, -0.05) is 17.7 Å². The van der Waals surface area contributed by atoms with E-state index in [-0.39, 0.29) is 6.54 Å². The van der Waals surface area contributed by atoms with Crippen molar-refractivity contribution < 1.29 is 19.1 Å². The lowest BCUT2D eigenvalue weighted by Gasteiger charge is -2.19. The van der Waals surface area contributed by atoms with Gasteiger partial charge in [0.25, 0.3) is 5.91 Å². The standard InChI is InChI=1S/C21H24ClN3O4/c1-13-5-10-17(16(22)11-13)25-18(26)12-23-19(27)14-6-8-15(9-7-14)24-20(28)29-21(2,3)4/h5-11H,12H2,1-4H3,(H,23,27)(H,24,28)(H,25,26). The van der Waals surface area contributed by atoms with E-state index in [4.69, 9.17) is 16.3 Å². The maximum Gasteiger partial charge on any atom is 0.412 e. The van der Waals surface area contributed by atoms with Crippen LogP contribution in [0.4, 0.5) is 16.2 Å². The summed E-state index contributed by atoms with van der Waals surface area (Å²) in [5.74, 6) is -0.814. The van der Waals surface area contributed by atoms with Crippen LogP contribution in [-0.2, 0) is 9.53 Å². The minimum absolute atomic E-state index is 0.207. The minimum atomic E-state index is -0.604. The van der Waals surface area contributed by atoms with Gasteiger partial charge in [-0.25, -0.2) is 4.79 Å². The van der Waals surface area contributed by atoms with Crippen molar-refractivity contribution in [2.24, 2.45) is 0 Å². The van der Waals surface area contributed by atoms with Crippen LogP contribution < -0.4 is 16.0 Å². The smallest absolute Gasteiger partial charge is 0.412 e. The molecule has 0 aromatic heterocycles. The number of carbonyl (C=O) groups excluding carboxylic acids is 3. The van der Waals surface area contributed by atoms with Crippen LogP contribution >= 0.6 is 11.6 Å². The van der Waals surface area contributed by atoms with Gasteiger partial charge in [0.2, 0.25) is 5.91 Å². The first kappa shape index (κ1) is 22.2. The summed E-state index contributed by atoms with van der Waals surface area (Å²) < 4.78 is 5.16. The van der Waals surface area contributed by atoms with Crippen molar-refractivity contribution in [2.75, 3.05) is 17.2 Å². The molecule has 0 radical (unpaired) electrons. The summed E-state index contributed by atoms with van der Waals surface area (Å²) >= 11 is 6.08.